The van der Waals surface area contributed by atoms with Crippen LogP contribution in [0.5, 0.6) is 0 Å². The second-order valence-corrected chi connectivity index (χ2v) is 7.04. The molecule has 0 heteroatoms. The van der Waals surface area contributed by atoms with Gasteiger partial charge in [-0.05, 0) is 38.5 Å². The number of hydrogen-bond acceptors (Lipinski definition) is 0. The first-order valence-electron chi connectivity index (χ1n) is 10.5. The minimum atomic E-state index is 1.33. The topological polar surface area (TPSA) is 0 Å². The molecule has 0 bridgehead atoms. The third kappa shape index (κ3) is 16.1. The van der Waals surface area contributed by atoms with E-state index < -0.39 is 0 Å². The maximum atomic E-state index is 2.61. The average molecular weight is 309 g/mol. The van der Waals surface area contributed by atoms with Crippen molar-refractivity contribution in [3.8, 4) is 0 Å². The van der Waals surface area contributed by atoms with Gasteiger partial charge in [0.1, 0.15) is 0 Å². The van der Waals surface area contributed by atoms with Crippen molar-refractivity contribution >= 4 is 0 Å². The Kier molecular flexibility index (Phi) is 18.6. The number of rotatable bonds is 17. The molecule has 0 heterocycles. The molecule has 132 valence electrons. The van der Waals surface area contributed by atoms with Crippen LogP contribution in [-0.4, -0.2) is 0 Å². The fraction of sp³-hybridized carbons (Fsp3) is 0.909. The Bertz CT molecular complexity index is 210. The van der Waals surface area contributed by atoms with E-state index in [-0.39, 0.29) is 0 Å². The van der Waals surface area contributed by atoms with Gasteiger partial charge in [-0.3, -0.25) is 0 Å². The Hall–Kier alpha value is -0.260. The summed E-state index contributed by atoms with van der Waals surface area (Å²) in [5, 5.41) is 0. The predicted octanol–water partition coefficient (Wildman–Crippen LogP) is 8.60. The van der Waals surface area contributed by atoms with E-state index in [9.17, 15) is 0 Å². The molecule has 0 saturated carbocycles. The molecule has 0 nitrogen and oxygen atoms in total. The summed E-state index contributed by atoms with van der Waals surface area (Å²) < 4.78 is 0. The molecule has 0 fully saturated rings. The number of unbranched alkanes of at least 4 members (excludes halogenated alkanes) is 12. The van der Waals surface area contributed by atoms with E-state index in [2.05, 4.69) is 26.8 Å². The highest BCUT2D eigenvalue weighted by Gasteiger charge is 1.99. The zero-order valence-electron chi connectivity index (χ0n) is 16.1. The van der Waals surface area contributed by atoms with Crippen LogP contribution in [-0.2, 0) is 0 Å². The van der Waals surface area contributed by atoms with Gasteiger partial charge in [0.15, 0.2) is 0 Å². The van der Waals surface area contributed by atoms with Gasteiger partial charge in [0.25, 0.3) is 0 Å². The number of allylic oxidation sites excluding steroid dienone is 2. The summed E-state index contributed by atoms with van der Waals surface area (Å²) in [4.78, 5) is 0. The molecular weight excluding hydrogens is 264 g/mol. The lowest BCUT2D eigenvalue weighted by molar-refractivity contribution is 0.597. The van der Waals surface area contributed by atoms with Crippen LogP contribution in [0, 0.1) is 0 Å². The van der Waals surface area contributed by atoms with Crippen molar-refractivity contribution in [1.29, 1.82) is 0 Å². The van der Waals surface area contributed by atoms with Crippen LogP contribution in [0.1, 0.15) is 130 Å². The van der Waals surface area contributed by atoms with Crippen molar-refractivity contribution in [2.24, 2.45) is 0 Å². The van der Waals surface area contributed by atoms with Gasteiger partial charge >= 0.3 is 0 Å². The first kappa shape index (κ1) is 21.7. The Balaban J connectivity index is 3.88. The molecule has 0 aliphatic rings. The fourth-order valence-corrected chi connectivity index (χ4v) is 3.12. The van der Waals surface area contributed by atoms with E-state index in [1.165, 1.54) is 109 Å². The highest BCUT2D eigenvalue weighted by molar-refractivity contribution is 5.01. The molecule has 0 aromatic carbocycles. The van der Waals surface area contributed by atoms with E-state index >= 15 is 0 Å². The average Bonchev–Trinajstić information content (AvgIpc) is 2.53. The molecule has 22 heavy (non-hydrogen) atoms. The first-order chi connectivity index (χ1) is 10.8. The quantitative estimate of drug-likeness (QED) is 0.186. The van der Waals surface area contributed by atoms with Gasteiger partial charge in [0.2, 0.25) is 0 Å². The first-order valence-corrected chi connectivity index (χ1v) is 10.5. The van der Waals surface area contributed by atoms with Crippen molar-refractivity contribution in [3.63, 3.8) is 0 Å². The van der Waals surface area contributed by atoms with Crippen molar-refractivity contribution in [2.45, 2.75) is 130 Å². The summed E-state index contributed by atoms with van der Waals surface area (Å²) in [5.41, 5.74) is 1.78. The van der Waals surface area contributed by atoms with E-state index in [0.29, 0.717) is 0 Å². The van der Waals surface area contributed by atoms with Gasteiger partial charge in [-0.15, -0.1) is 0 Å². The zero-order chi connectivity index (χ0) is 16.3. The normalized spacial score (nSPS) is 10.9. The smallest absolute Gasteiger partial charge is 0.0320 e. The molecule has 0 spiro atoms. The lowest BCUT2D eigenvalue weighted by Crippen LogP contribution is -1.88. The second kappa shape index (κ2) is 18.8. The largest absolute Gasteiger partial charge is 0.0853 e. The molecule has 0 rings (SSSR count). The van der Waals surface area contributed by atoms with Crippen LogP contribution < -0.4 is 0 Å². The van der Waals surface area contributed by atoms with Gasteiger partial charge in [0.05, 0.1) is 0 Å². The van der Waals surface area contributed by atoms with E-state index in [1.807, 2.05) is 0 Å². The maximum Gasteiger partial charge on any atom is -0.0320 e. The number of hydrogen-bond donors (Lipinski definition) is 0. The van der Waals surface area contributed by atoms with Gasteiger partial charge < -0.3 is 0 Å². The van der Waals surface area contributed by atoms with Crippen LogP contribution in [0.15, 0.2) is 11.6 Å². The summed E-state index contributed by atoms with van der Waals surface area (Å²) in [5.74, 6) is 0. The summed E-state index contributed by atoms with van der Waals surface area (Å²) in [6, 6.07) is 0. The lowest BCUT2D eigenvalue weighted by Gasteiger charge is -2.08. The van der Waals surface area contributed by atoms with Gasteiger partial charge in [-0.1, -0.05) is 103 Å². The van der Waals surface area contributed by atoms with E-state index in [4.69, 9.17) is 0 Å². The molecule has 0 atom stereocenters. The molecular formula is C22H44. The minimum Gasteiger partial charge on any atom is -0.0853 e. The molecule has 0 radical (unpaired) electrons. The zero-order valence-corrected chi connectivity index (χ0v) is 16.1. The molecule has 0 N–H and O–H groups in total. The SMILES string of the molecule is CCCCCCC=C(CCCCCCC)CCCCCCC. The van der Waals surface area contributed by atoms with E-state index in [0.717, 1.165) is 0 Å². The Morgan fingerprint density at radius 1 is 0.500 bits per heavy atom. The molecule has 0 unspecified atom stereocenters. The van der Waals surface area contributed by atoms with Gasteiger partial charge in [-0.25, -0.2) is 0 Å². The van der Waals surface area contributed by atoms with Crippen LogP contribution in [0.4, 0.5) is 0 Å². The van der Waals surface area contributed by atoms with Crippen LogP contribution in [0.3, 0.4) is 0 Å². The van der Waals surface area contributed by atoms with Crippen molar-refractivity contribution in [1.82, 2.24) is 0 Å². The Morgan fingerprint density at radius 2 is 0.909 bits per heavy atom. The van der Waals surface area contributed by atoms with Crippen molar-refractivity contribution in [3.05, 3.63) is 11.6 Å². The Labute approximate surface area is 142 Å². The van der Waals surface area contributed by atoms with Crippen LogP contribution >= 0.6 is 0 Å². The molecule has 0 aromatic rings. The van der Waals surface area contributed by atoms with E-state index in [1.54, 1.807) is 5.57 Å². The Morgan fingerprint density at radius 3 is 1.36 bits per heavy atom. The molecule has 0 saturated heterocycles. The summed E-state index contributed by atoms with van der Waals surface area (Å²) >= 11 is 0. The predicted molar refractivity (Wildman–Crippen MR) is 104 cm³/mol. The van der Waals surface area contributed by atoms with Crippen LogP contribution in [0.25, 0.3) is 0 Å². The summed E-state index contributed by atoms with van der Waals surface area (Å²) in [6.07, 6.45) is 26.5. The summed E-state index contributed by atoms with van der Waals surface area (Å²) in [6.45, 7) is 6.91. The lowest BCUT2D eigenvalue weighted by atomic mass is 9.98. The van der Waals surface area contributed by atoms with Crippen molar-refractivity contribution < 1.29 is 0 Å². The minimum absolute atomic E-state index is 1.33. The van der Waals surface area contributed by atoms with Crippen molar-refractivity contribution in [2.75, 3.05) is 0 Å². The third-order valence-corrected chi connectivity index (χ3v) is 4.69. The van der Waals surface area contributed by atoms with Gasteiger partial charge in [0, 0.05) is 0 Å². The standard InChI is InChI=1S/C22H44/c1-4-7-10-13-16-19-22(20-17-14-11-8-5-2)21-18-15-12-9-6-3/h19H,4-18,20-21H2,1-3H3. The monoisotopic (exact) mass is 308 g/mol. The van der Waals surface area contributed by atoms with Gasteiger partial charge in [-0.2, -0.15) is 0 Å². The third-order valence-electron chi connectivity index (χ3n) is 4.69. The molecule has 0 amide bonds. The highest BCUT2D eigenvalue weighted by Crippen LogP contribution is 2.19. The maximum absolute atomic E-state index is 2.61. The van der Waals surface area contributed by atoms with Crippen LogP contribution in [0.2, 0.25) is 0 Å². The molecule has 0 aliphatic heterocycles. The second-order valence-electron chi connectivity index (χ2n) is 7.04. The summed E-state index contributed by atoms with van der Waals surface area (Å²) in [7, 11) is 0. The molecule has 0 aromatic heterocycles. The highest BCUT2D eigenvalue weighted by atomic mass is 14.1. The fourth-order valence-electron chi connectivity index (χ4n) is 3.12. The molecule has 0 aliphatic carbocycles.